The molecular weight excluding hydrogens is 157 g/mol. The van der Waals surface area contributed by atoms with Gasteiger partial charge in [-0.3, -0.25) is 11.3 Å². The van der Waals surface area contributed by atoms with E-state index in [1.54, 1.807) is 0 Å². The van der Waals surface area contributed by atoms with Gasteiger partial charge in [-0.2, -0.15) is 13.2 Å². The number of hydrogen-bond acceptors (Lipinski definition) is 2. The molecule has 0 fully saturated rings. The van der Waals surface area contributed by atoms with Crippen molar-refractivity contribution in [3.63, 3.8) is 0 Å². The van der Waals surface area contributed by atoms with Gasteiger partial charge in [0.15, 0.2) is 0 Å². The molecule has 66 valence electrons. The van der Waals surface area contributed by atoms with Crippen LogP contribution in [-0.4, -0.2) is 12.2 Å². The molecule has 0 heterocycles. The number of hydrogen-bond donors (Lipinski definition) is 2. The summed E-state index contributed by atoms with van der Waals surface area (Å²) in [6.45, 7) is 3.32. The van der Waals surface area contributed by atoms with Crippen LogP contribution in [0.5, 0.6) is 0 Å². The molecule has 0 aromatic heterocycles. The molecule has 0 amide bonds. The fourth-order valence-corrected chi connectivity index (χ4v) is 0.691. The van der Waals surface area contributed by atoms with Crippen molar-refractivity contribution in [2.75, 3.05) is 0 Å². The Morgan fingerprint density at radius 1 is 1.55 bits per heavy atom. The Hall–Kier alpha value is -0.550. The summed E-state index contributed by atoms with van der Waals surface area (Å²) in [7, 11) is 0. The first kappa shape index (κ1) is 10.4. The molecule has 0 saturated carbocycles. The van der Waals surface area contributed by atoms with E-state index < -0.39 is 18.6 Å². The van der Waals surface area contributed by atoms with Crippen molar-refractivity contribution < 1.29 is 13.2 Å². The SMILES string of the molecule is C=CCC(CC(F)(F)F)NN. The average Bonchev–Trinajstić information content (AvgIpc) is 1.84. The van der Waals surface area contributed by atoms with Gasteiger partial charge in [0.1, 0.15) is 0 Å². The fourth-order valence-electron chi connectivity index (χ4n) is 0.691. The highest BCUT2D eigenvalue weighted by Gasteiger charge is 2.30. The second-order valence-electron chi connectivity index (χ2n) is 2.21. The van der Waals surface area contributed by atoms with Gasteiger partial charge in [0.2, 0.25) is 0 Å². The molecule has 0 bridgehead atoms. The van der Waals surface area contributed by atoms with Gasteiger partial charge >= 0.3 is 6.18 Å². The molecule has 1 unspecified atom stereocenters. The van der Waals surface area contributed by atoms with E-state index >= 15 is 0 Å². The topological polar surface area (TPSA) is 38.0 Å². The van der Waals surface area contributed by atoms with E-state index in [-0.39, 0.29) is 6.42 Å². The minimum Gasteiger partial charge on any atom is -0.271 e. The van der Waals surface area contributed by atoms with Crippen LogP contribution >= 0.6 is 0 Å². The minimum atomic E-state index is -4.17. The molecule has 3 N–H and O–H groups in total. The molecule has 5 heteroatoms. The summed E-state index contributed by atoms with van der Waals surface area (Å²) in [5.41, 5.74) is 2.07. The zero-order valence-electron chi connectivity index (χ0n) is 5.99. The minimum absolute atomic E-state index is 0.218. The lowest BCUT2D eigenvalue weighted by Crippen LogP contribution is -2.38. The van der Waals surface area contributed by atoms with Crippen molar-refractivity contribution >= 4 is 0 Å². The van der Waals surface area contributed by atoms with Crippen LogP contribution in [0.1, 0.15) is 12.8 Å². The lowest BCUT2D eigenvalue weighted by Gasteiger charge is -2.15. The molecule has 0 aliphatic rings. The second-order valence-corrected chi connectivity index (χ2v) is 2.21. The molecule has 0 spiro atoms. The number of halogens is 3. The number of nitrogens with two attached hydrogens (primary N) is 1. The quantitative estimate of drug-likeness (QED) is 0.377. The Labute approximate surface area is 63.2 Å². The third kappa shape index (κ3) is 5.87. The molecule has 0 aliphatic heterocycles. The van der Waals surface area contributed by atoms with Crippen LogP contribution < -0.4 is 11.3 Å². The Morgan fingerprint density at radius 2 is 2.09 bits per heavy atom. The molecule has 11 heavy (non-hydrogen) atoms. The number of alkyl halides is 3. The maximum Gasteiger partial charge on any atom is 0.390 e. The highest BCUT2D eigenvalue weighted by atomic mass is 19.4. The number of nitrogens with one attached hydrogen (secondary N) is 1. The zero-order chi connectivity index (χ0) is 8.91. The second kappa shape index (κ2) is 4.35. The van der Waals surface area contributed by atoms with Crippen LogP contribution in [0.4, 0.5) is 13.2 Å². The van der Waals surface area contributed by atoms with Crippen LogP contribution in [-0.2, 0) is 0 Å². The third-order valence-corrected chi connectivity index (χ3v) is 1.16. The average molecular weight is 168 g/mol. The summed E-state index contributed by atoms with van der Waals surface area (Å²) in [5, 5.41) is 0. The zero-order valence-corrected chi connectivity index (χ0v) is 5.99. The van der Waals surface area contributed by atoms with Crippen LogP contribution in [0.3, 0.4) is 0 Å². The first-order valence-corrected chi connectivity index (χ1v) is 3.13. The Kier molecular flexibility index (Phi) is 4.14. The van der Waals surface area contributed by atoms with Gasteiger partial charge in [-0.25, -0.2) is 0 Å². The first-order valence-electron chi connectivity index (χ1n) is 3.13. The number of hydrazine groups is 1. The summed E-state index contributed by atoms with van der Waals surface area (Å²) in [6.07, 6.45) is -3.47. The predicted molar refractivity (Wildman–Crippen MR) is 36.6 cm³/mol. The van der Waals surface area contributed by atoms with E-state index in [0.717, 1.165) is 0 Å². The highest BCUT2D eigenvalue weighted by Crippen LogP contribution is 2.22. The smallest absolute Gasteiger partial charge is 0.271 e. The summed E-state index contributed by atoms with van der Waals surface area (Å²) in [6, 6.07) is -0.757. The molecule has 0 aromatic carbocycles. The lowest BCUT2D eigenvalue weighted by atomic mass is 10.1. The molecule has 1 atom stereocenters. The van der Waals surface area contributed by atoms with Crippen LogP contribution in [0, 0.1) is 0 Å². The van der Waals surface area contributed by atoms with Gasteiger partial charge in [-0.15, -0.1) is 6.58 Å². The lowest BCUT2D eigenvalue weighted by molar-refractivity contribution is -0.139. The molecule has 0 aliphatic carbocycles. The van der Waals surface area contributed by atoms with Gasteiger partial charge in [0.25, 0.3) is 0 Å². The van der Waals surface area contributed by atoms with E-state index in [1.807, 2.05) is 0 Å². The standard InChI is InChI=1S/C6H11F3N2/c1-2-3-5(11-10)4-6(7,8)9/h2,5,11H,1,3-4,10H2. The van der Waals surface area contributed by atoms with Gasteiger partial charge in [-0.1, -0.05) is 6.08 Å². The molecule has 0 radical (unpaired) electrons. The van der Waals surface area contributed by atoms with E-state index in [4.69, 9.17) is 5.84 Å². The van der Waals surface area contributed by atoms with E-state index in [1.165, 1.54) is 6.08 Å². The number of rotatable bonds is 4. The molecule has 2 nitrogen and oxygen atoms in total. The fraction of sp³-hybridized carbons (Fsp3) is 0.667. The Morgan fingerprint density at radius 3 is 2.36 bits per heavy atom. The van der Waals surface area contributed by atoms with Crippen LogP contribution in [0.2, 0.25) is 0 Å². The predicted octanol–water partition coefficient (Wildman–Crippen LogP) is 1.35. The third-order valence-electron chi connectivity index (χ3n) is 1.16. The summed E-state index contributed by atoms with van der Waals surface area (Å²) in [5.74, 6) is 4.87. The van der Waals surface area contributed by atoms with Crippen molar-refractivity contribution in [3.05, 3.63) is 12.7 Å². The largest absolute Gasteiger partial charge is 0.390 e. The van der Waals surface area contributed by atoms with Crippen molar-refractivity contribution in [3.8, 4) is 0 Å². The Bertz CT molecular complexity index is 121. The van der Waals surface area contributed by atoms with Gasteiger partial charge in [0, 0.05) is 6.04 Å². The normalized spacial score (nSPS) is 14.5. The molecule has 0 aromatic rings. The molecule has 0 saturated heterocycles. The monoisotopic (exact) mass is 168 g/mol. The van der Waals surface area contributed by atoms with Gasteiger partial charge in [-0.05, 0) is 6.42 Å². The van der Waals surface area contributed by atoms with E-state index in [9.17, 15) is 13.2 Å². The van der Waals surface area contributed by atoms with Crippen LogP contribution in [0.25, 0.3) is 0 Å². The van der Waals surface area contributed by atoms with Crippen molar-refractivity contribution in [1.29, 1.82) is 0 Å². The highest BCUT2D eigenvalue weighted by molar-refractivity contribution is 4.78. The van der Waals surface area contributed by atoms with Crippen LogP contribution in [0.15, 0.2) is 12.7 Å². The van der Waals surface area contributed by atoms with E-state index in [2.05, 4.69) is 12.0 Å². The Balaban J connectivity index is 3.77. The summed E-state index contributed by atoms with van der Waals surface area (Å²) < 4.78 is 35.1. The maximum atomic E-state index is 11.7. The van der Waals surface area contributed by atoms with Gasteiger partial charge in [0.05, 0.1) is 6.42 Å². The molecular formula is C6H11F3N2. The first-order chi connectivity index (χ1) is 4.99. The van der Waals surface area contributed by atoms with E-state index in [0.29, 0.717) is 0 Å². The van der Waals surface area contributed by atoms with Crippen molar-refractivity contribution in [2.24, 2.45) is 5.84 Å². The molecule has 0 rings (SSSR count). The summed E-state index contributed by atoms with van der Waals surface area (Å²) in [4.78, 5) is 0. The summed E-state index contributed by atoms with van der Waals surface area (Å²) >= 11 is 0. The maximum absolute atomic E-state index is 11.7. The van der Waals surface area contributed by atoms with Crippen molar-refractivity contribution in [2.45, 2.75) is 25.1 Å². The van der Waals surface area contributed by atoms with Crippen molar-refractivity contribution in [1.82, 2.24) is 5.43 Å². The van der Waals surface area contributed by atoms with Gasteiger partial charge < -0.3 is 0 Å².